The van der Waals surface area contributed by atoms with Gasteiger partial charge in [0.1, 0.15) is 12.4 Å². The van der Waals surface area contributed by atoms with Crippen LogP contribution >= 0.6 is 0 Å². The summed E-state index contributed by atoms with van der Waals surface area (Å²) in [4.78, 5) is 0. The third-order valence-corrected chi connectivity index (χ3v) is 2.85. The van der Waals surface area contributed by atoms with Crippen LogP contribution in [0.3, 0.4) is 0 Å². The van der Waals surface area contributed by atoms with Gasteiger partial charge < -0.3 is 10.5 Å². The van der Waals surface area contributed by atoms with Crippen molar-refractivity contribution in [1.29, 1.82) is 0 Å². The van der Waals surface area contributed by atoms with Gasteiger partial charge in [0.25, 0.3) is 0 Å². The molecule has 0 bridgehead atoms. The largest absolute Gasteiger partial charge is 0.491 e. The van der Waals surface area contributed by atoms with Crippen molar-refractivity contribution in [3.8, 4) is 5.75 Å². The molecule has 1 unspecified atom stereocenters. The van der Waals surface area contributed by atoms with E-state index in [9.17, 15) is 13.2 Å². The third kappa shape index (κ3) is 3.12. The molecule has 0 aliphatic heterocycles. The topological polar surface area (TPSA) is 35.2 Å². The summed E-state index contributed by atoms with van der Waals surface area (Å²) in [6.07, 6.45) is -2.29. The van der Waals surface area contributed by atoms with Crippen LogP contribution in [0.25, 0.3) is 0 Å². The Bertz CT molecular complexity index is 388. The summed E-state index contributed by atoms with van der Waals surface area (Å²) >= 11 is 0. The van der Waals surface area contributed by atoms with E-state index in [1.807, 2.05) is 0 Å². The van der Waals surface area contributed by atoms with Gasteiger partial charge in [0.15, 0.2) is 0 Å². The summed E-state index contributed by atoms with van der Waals surface area (Å²) in [5, 5.41) is 0. The second-order valence-corrected chi connectivity index (χ2v) is 4.31. The van der Waals surface area contributed by atoms with Crippen molar-refractivity contribution in [2.75, 3.05) is 6.61 Å². The van der Waals surface area contributed by atoms with Crippen molar-refractivity contribution in [1.82, 2.24) is 0 Å². The summed E-state index contributed by atoms with van der Waals surface area (Å²) in [6.45, 7) is 0.137. The molecule has 2 N–H and O–H groups in total. The highest BCUT2D eigenvalue weighted by Gasteiger charge is 2.34. The molecule has 1 aliphatic carbocycles. The molecule has 94 valence electrons. The van der Waals surface area contributed by atoms with E-state index in [4.69, 9.17) is 10.5 Å². The Morgan fingerprint density at radius 3 is 2.53 bits per heavy atom. The van der Waals surface area contributed by atoms with E-state index < -0.39 is 11.7 Å². The molecule has 2 rings (SSSR count). The van der Waals surface area contributed by atoms with Gasteiger partial charge in [-0.3, -0.25) is 0 Å². The molecule has 0 amide bonds. The van der Waals surface area contributed by atoms with E-state index >= 15 is 0 Å². The molecule has 0 saturated heterocycles. The molecule has 1 fully saturated rings. The summed E-state index contributed by atoms with van der Waals surface area (Å²) < 4.78 is 43.1. The first-order chi connectivity index (χ1) is 7.98. The highest BCUT2D eigenvalue weighted by Crippen LogP contribution is 2.36. The van der Waals surface area contributed by atoms with E-state index in [1.54, 1.807) is 0 Å². The molecule has 1 aromatic carbocycles. The maximum absolute atomic E-state index is 12.6. The van der Waals surface area contributed by atoms with Crippen LogP contribution in [-0.4, -0.2) is 12.6 Å². The Kier molecular flexibility index (Phi) is 3.28. The first-order valence-electron chi connectivity index (χ1n) is 5.53. The van der Waals surface area contributed by atoms with Crippen LogP contribution in [0.15, 0.2) is 24.3 Å². The smallest absolute Gasteiger partial charge is 0.419 e. The molecule has 1 atom stereocenters. The Labute approximate surface area is 97.6 Å². The van der Waals surface area contributed by atoms with Crippen molar-refractivity contribution in [3.05, 3.63) is 29.8 Å². The van der Waals surface area contributed by atoms with Gasteiger partial charge >= 0.3 is 6.18 Å². The molecule has 17 heavy (non-hydrogen) atoms. The lowest BCUT2D eigenvalue weighted by molar-refractivity contribution is -0.139. The van der Waals surface area contributed by atoms with Gasteiger partial charge in [-0.25, -0.2) is 0 Å². The zero-order valence-corrected chi connectivity index (χ0v) is 9.20. The Morgan fingerprint density at radius 1 is 1.29 bits per heavy atom. The van der Waals surface area contributed by atoms with Crippen molar-refractivity contribution in [2.45, 2.75) is 25.1 Å². The van der Waals surface area contributed by atoms with Gasteiger partial charge in [0.2, 0.25) is 0 Å². The van der Waals surface area contributed by atoms with Gasteiger partial charge in [-0.05, 0) is 30.9 Å². The van der Waals surface area contributed by atoms with Crippen LogP contribution in [0.5, 0.6) is 5.75 Å². The van der Waals surface area contributed by atoms with Gasteiger partial charge in [-0.15, -0.1) is 0 Å². The number of alkyl halides is 3. The molecular formula is C12H14F3NO. The lowest BCUT2D eigenvalue weighted by Crippen LogP contribution is -2.30. The Morgan fingerprint density at radius 2 is 1.94 bits per heavy atom. The number of benzene rings is 1. The molecule has 1 aromatic rings. The molecule has 0 radical (unpaired) electrons. The van der Waals surface area contributed by atoms with Gasteiger partial charge in [-0.2, -0.15) is 13.2 Å². The van der Waals surface area contributed by atoms with Crippen LogP contribution < -0.4 is 10.5 Å². The number of hydrogen-bond donors (Lipinski definition) is 1. The third-order valence-electron chi connectivity index (χ3n) is 2.85. The Hall–Kier alpha value is -1.23. The first kappa shape index (κ1) is 12.2. The van der Waals surface area contributed by atoms with E-state index in [1.165, 1.54) is 18.2 Å². The molecule has 0 heterocycles. The van der Waals surface area contributed by atoms with E-state index in [0.717, 1.165) is 18.9 Å². The number of nitrogens with two attached hydrogens (primary N) is 1. The standard InChI is InChI=1S/C12H14F3NO/c13-12(14,15)9-3-1-2-4-11(9)17-7-10(16)8-5-6-8/h1-4,8,10H,5-7,16H2. The predicted molar refractivity (Wildman–Crippen MR) is 57.6 cm³/mol. The molecule has 0 spiro atoms. The van der Waals surface area contributed by atoms with Crippen molar-refractivity contribution in [3.63, 3.8) is 0 Å². The lowest BCUT2D eigenvalue weighted by atomic mass is 10.2. The fraction of sp³-hybridized carbons (Fsp3) is 0.500. The average molecular weight is 245 g/mol. The normalized spacial score (nSPS) is 17.9. The summed E-state index contributed by atoms with van der Waals surface area (Å²) in [5.74, 6) is 0.268. The minimum Gasteiger partial charge on any atom is -0.491 e. The second-order valence-electron chi connectivity index (χ2n) is 4.31. The number of rotatable bonds is 4. The maximum Gasteiger partial charge on any atom is 0.419 e. The second kappa shape index (κ2) is 4.56. The van der Waals surface area contributed by atoms with Gasteiger partial charge in [0, 0.05) is 6.04 Å². The van der Waals surface area contributed by atoms with Gasteiger partial charge in [-0.1, -0.05) is 12.1 Å². The molecule has 1 saturated carbocycles. The van der Waals surface area contributed by atoms with Crippen LogP contribution in [0.2, 0.25) is 0 Å². The summed E-state index contributed by atoms with van der Waals surface area (Å²) in [7, 11) is 0. The average Bonchev–Trinajstić information content (AvgIpc) is 3.08. The Balaban J connectivity index is 2.04. The fourth-order valence-electron chi connectivity index (χ4n) is 1.67. The van der Waals surface area contributed by atoms with Crippen molar-refractivity contribution < 1.29 is 17.9 Å². The highest BCUT2D eigenvalue weighted by molar-refractivity contribution is 5.35. The molecule has 5 heteroatoms. The zero-order chi connectivity index (χ0) is 12.5. The predicted octanol–water partition coefficient (Wildman–Crippen LogP) is 2.82. The van der Waals surface area contributed by atoms with E-state index in [-0.39, 0.29) is 18.4 Å². The van der Waals surface area contributed by atoms with Crippen molar-refractivity contribution in [2.24, 2.45) is 11.7 Å². The van der Waals surface area contributed by atoms with Crippen LogP contribution in [0, 0.1) is 5.92 Å². The molecular weight excluding hydrogens is 231 g/mol. The number of halogens is 3. The first-order valence-corrected chi connectivity index (χ1v) is 5.53. The van der Waals surface area contributed by atoms with Crippen molar-refractivity contribution >= 4 is 0 Å². The molecule has 2 nitrogen and oxygen atoms in total. The van der Waals surface area contributed by atoms with Gasteiger partial charge in [0.05, 0.1) is 5.56 Å². The molecule has 0 aromatic heterocycles. The lowest BCUT2D eigenvalue weighted by Gasteiger charge is -2.16. The quantitative estimate of drug-likeness (QED) is 0.885. The maximum atomic E-state index is 12.6. The fourth-order valence-corrected chi connectivity index (χ4v) is 1.67. The minimum atomic E-state index is -4.39. The minimum absolute atomic E-state index is 0.137. The number of ether oxygens (including phenoxy) is 1. The molecule has 1 aliphatic rings. The zero-order valence-electron chi connectivity index (χ0n) is 9.20. The highest BCUT2D eigenvalue weighted by atomic mass is 19.4. The van der Waals surface area contributed by atoms with E-state index in [0.29, 0.717) is 5.92 Å². The van der Waals surface area contributed by atoms with Crippen LogP contribution in [0.1, 0.15) is 18.4 Å². The van der Waals surface area contributed by atoms with Crippen LogP contribution in [-0.2, 0) is 6.18 Å². The monoisotopic (exact) mass is 245 g/mol. The number of para-hydroxylation sites is 1. The summed E-state index contributed by atoms with van der Waals surface area (Å²) in [6, 6.07) is 5.03. The van der Waals surface area contributed by atoms with E-state index in [2.05, 4.69) is 0 Å². The van der Waals surface area contributed by atoms with Crippen LogP contribution in [0.4, 0.5) is 13.2 Å². The SMILES string of the molecule is NC(COc1ccccc1C(F)(F)F)C1CC1. The number of hydrogen-bond acceptors (Lipinski definition) is 2. The summed E-state index contributed by atoms with van der Waals surface area (Å²) in [5.41, 5.74) is 5.03.